The lowest BCUT2D eigenvalue weighted by molar-refractivity contribution is -0.143. The maximum absolute atomic E-state index is 12.2. The second kappa shape index (κ2) is 7.21. The molecule has 1 aromatic rings. The van der Waals surface area contributed by atoms with Crippen LogP contribution in [0.4, 0.5) is 0 Å². The van der Waals surface area contributed by atoms with E-state index in [2.05, 4.69) is 9.64 Å². The average Bonchev–Trinajstić information content (AvgIpc) is 3.12. The average molecular weight is 332 g/mol. The molecule has 2 heterocycles. The molecule has 1 N–H and O–H groups in total. The first-order valence-corrected chi connectivity index (χ1v) is 8.40. The van der Waals surface area contributed by atoms with Gasteiger partial charge in [-0.15, -0.1) is 0 Å². The summed E-state index contributed by atoms with van der Waals surface area (Å²) >= 11 is 0. The molecule has 2 unspecified atom stereocenters. The van der Waals surface area contributed by atoms with Crippen molar-refractivity contribution < 1.29 is 19.4 Å². The Bertz CT molecular complexity index is 588. The molecule has 3 rings (SSSR count). The van der Waals surface area contributed by atoms with Crippen LogP contribution in [0.5, 0.6) is 5.75 Å². The number of hydrogen-bond donors (Lipinski definition) is 1. The fourth-order valence-electron chi connectivity index (χ4n) is 3.75. The van der Waals surface area contributed by atoms with E-state index in [1.165, 1.54) is 12.7 Å². The number of methoxy groups -OCH3 is 1. The fraction of sp³-hybridized carbons (Fsp3) is 0.556. The Hall–Kier alpha value is -2.08. The summed E-state index contributed by atoms with van der Waals surface area (Å²) in [5.41, 5.74) is 1.19. The molecule has 2 atom stereocenters. The fourth-order valence-corrected chi connectivity index (χ4v) is 3.75. The second-order valence-electron chi connectivity index (χ2n) is 6.76. The van der Waals surface area contributed by atoms with Crippen LogP contribution in [-0.2, 0) is 20.9 Å². The number of benzene rings is 1. The minimum absolute atomic E-state index is 0.0554. The number of aromatic hydroxyl groups is 1. The number of rotatable bonds is 5. The second-order valence-corrected chi connectivity index (χ2v) is 6.76. The van der Waals surface area contributed by atoms with Crippen molar-refractivity contribution in [3.05, 3.63) is 29.8 Å². The van der Waals surface area contributed by atoms with Gasteiger partial charge in [-0.25, -0.2) is 0 Å². The number of amides is 1. The summed E-state index contributed by atoms with van der Waals surface area (Å²) in [4.78, 5) is 27.6. The topological polar surface area (TPSA) is 70.1 Å². The van der Waals surface area contributed by atoms with Crippen molar-refractivity contribution in [3.8, 4) is 5.75 Å². The molecule has 0 aliphatic carbocycles. The highest BCUT2D eigenvalue weighted by atomic mass is 16.5. The van der Waals surface area contributed by atoms with Crippen molar-refractivity contribution >= 4 is 11.9 Å². The third-order valence-electron chi connectivity index (χ3n) is 5.03. The number of hydrogen-bond acceptors (Lipinski definition) is 5. The van der Waals surface area contributed by atoms with Gasteiger partial charge in [0.2, 0.25) is 5.91 Å². The normalized spacial score (nSPS) is 23.3. The molecular formula is C18H24N2O4. The summed E-state index contributed by atoms with van der Waals surface area (Å²) in [6.45, 7) is 4.44. The van der Waals surface area contributed by atoms with Gasteiger partial charge >= 0.3 is 5.97 Å². The van der Waals surface area contributed by atoms with E-state index in [1.807, 2.05) is 17.0 Å². The van der Waals surface area contributed by atoms with E-state index in [9.17, 15) is 14.7 Å². The number of carbonyl (C=O) groups is 2. The Morgan fingerprint density at radius 3 is 2.29 bits per heavy atom. The molecule has 1 aromatic carbocycles. The number of ether oxygens (including phenoxy) is 1. The van der Waals surface area contributed by atoms with E-state index < -0.39 is 0 Å². The third-order valence-corrected chi connectivity index (χ3v) is 5.03. The number of esters is 1. The lowest BCUT2D eigenvalue weighted by Crippen LogP contribution is -2.33. The van der Waals surface area contributed by atoms with E-state index >= 15 is 0 Å². The standard InChI is InChI=1S/C18H24N2O4/c1-24-18(23)7-6-17(22)20-11-14-9-19(10-15(14)12-20)8-13-2-4-16(21)5-3-13/h2-5,14-15,21H,6-12H2,1H3. The summed E-state index contributed by atoms with van der Waals surface area (Å²) in [6, 6.07) is 7.33. The number of phenols is 1. The van der Waals surface area contributed by atoms with Gasteiger partial charge in [0.25, 0.3) is 0 Å². The smallest absolute Gasteiger partial charge is 0.306 e. The first-order valence-electron chi connectivity index (χ1n) is 8.40. The molecule has 130 valence electrons. The zero-order valence-corrected chi connectivity index (χ0v) is 14.0. The van der Waals surface area contributed by atoms with E-state index in [0.717, 1.165) is 32.7 Å². The first-order chi connectivity index (χ1) is 11.5. The largest absolute Gasteiger partial charge is 0.508 e. The van der Waals surface area contributed by atoms with Gasteiger partial charge in [0.1, 0.15) is 5.75 Å². The highest BCUT2D eigenvalue weighted by Crippen LogP contribution is 2.32. The van der Waals surface area contributed by atoms with Crippen LogP contribution in [0.25, 0.3) is 0 Å². The van der Waals surface area contributed by atoms with Gasteiger partial charge < -0.3 is 14.7 Å². The van der Waals surface area contributed by atoms with Gasteiger partial charge in [0.05, 0.1) is 13.5 Å². The summed E-state index contributed by atoms with van der Waals surface area (Å²) in [7, 11) is 1.34. The number of likely N-dealkylation sites (tertiary alicyclic amines) is 2. The van der Waals surface area contributed by atoms with E-state index in [1.54, 1.807) is 12.1 Å². The van der Waals surface area contributed by atoms with Crippen molar-refractivity contribution in [2.75, 3.05) is 33.3 Å². The minimum atomic E-state index is -0.331. The van der Waals surface area contributed by atoms with Gasteiger partial charge in [-0.3, -0.25) is 14.5 Å². The molecule has 2 fully saturated rings. The lowest BCUT2D eigenvalue weighted by atomic mass is 10.0. The highest BCUT2D eigenvalue weighted by Gasteiger charge is 2.41. The van der Waals surface area contributed by atoms with Crippen molar-refractivity contribution in [2.45, 2.75) is 19.4 Å². The van der Waals surface area contributed by atoms with E-state index in [0.29, 0.717) is 11.8 Å². The van der Waals surface area contributed by atoms with Gasteiger partial charge in [0.15, 0.2) is 0 Å². The van der Waals surface area contributed by atoms with E-state index in [-0.39, 0.29) is 30.5 Å². The molecule has 6 nitrogen and oxygen atoms in total. The molecule has 2 aliphatic rings. The highest BCUT2D eigenvalue weighted by molar-refractivity contribution is 5.81. The summed E-state index contributed by atoms with van der Waals surface area (Å²) < 4.78 is 4.58. The number of phenolic OH excluding ortho intramolecular Hbond substituents is 1. The Morgan fingerprint density at radius 2 is 1.71 bits per heavy atom. The summed E-state index contributed by atoms with van der Waals surface area (Å²) in [6.07, 6.45) is 0.400. The van der Waals surface area contributed by atoms with Crippen LogP contribution in [0.3, 0.4) is 0 Å². The van der Waals surface area contributed by atoms with E-state index in [4.69, 9.17) is 0 Å². The number of fused-ring (bicyclic) bond motifs is 1. The predicted octanol–water partition coefficient (Wildman–Crippen LogP) is 1.24. The quantitative estimate of drug-likeness (QED) is 0.822. The zero-order valence-electron chi connectivity index (χ0n) is 14.0. The molecule has 0 spiro atoms. The minimum Gasteiger partial charge on any atom is -0.508 e. The van der Waals surface area contributed by atoms with Crippen LogP contribution in [-0.4, -0.2) is 60.1 Å². The molecule has 24 heavy (non-hydrogen) atoms. The van der Waals surface area contributed by atoms with Crippen LogP contribution < -0.4 is 0 Å². The molecule has 0 saturated carbocycles. The monoisotopic (exact) mass is 332 g/mol. The van der Waals surface area contributed by atoms with Crippen LogP contribution in [0.15, 0.2) is 24.3 Å². The van der Waals surface area contributed by atoms with Crippen LogP contribution in [0, 0.1) is 11.8 Å². The molecule has 0 bridgehead atoms. The van der Waals surface area contributed by atoms with Gasteiger partial charge in [0, 0.05) is 39.1 Å². The SMILES string of the molecule is COC(=O)CCC(=O)N1CC2CN(Cc3ccc(O)cc3)CC2C1. The van der Waals surface area contributed by atoms with Crippen LogP contribution >= 0.6 is 0 Å². The molecular weight excluding hydrogens is 308 g/mol. The Labute approximate surface area is 142 Å². The molecule has 0 aromatic heterocycles. The Morgan fingerprint density at radius 1 is 1.08 bits per heavy atom. The van der Waals surface area contributed by atoms with Crippen LogP contribution in [0.2, 0.25) is 0 Å². The third kappa shape index (κ3) is 3.87. The molecule has 2 saturated heterocycles. The number of carbonyl (C=O) groups excluding carboxylic acids is 2. The van der Waals surface area contributed by atoms with Gasteiger partial charge in [-0.2, -0.15) is 0 Å². The van der Waals surface area contributed by atoms with Crippen molar-refractivity contribution in [1.29, 1.82) is 0 Å². The molecule has 1 amide bonds. The predicted molar refractivity (Wildman–Crippen MR) is 88.2 cm³/mol. The lowest BCUT2D eigenvalue weighted by Gasteiger charge is -2.21. The number of nitrogens with zero attached hydrogens (tertiary/aromatic N) is 2. The molecule has 0 radical (unpaired) electrons. The first kappa shape index (κ1) is 16.8. The van der Waals surface area contributed by atoms with Gasteiger partial charge in [-0.1, -0.05) is 12.1 Å². The maximum atomic E-state index is 12.2. The van der Waals surface area contributed by atoms with Crippen molar-refractivity contribution in [2.24, 2.45) is 11.8 Å². The molecule has 6 heteroatoms. The Balaban J connectivity index is 1.46. The summed E-state index contributed by atoms with van der Waals surface area (Å²) in [5.74, 6) is 1.05. The maximum Gasteiger partial charge on any atom is 0.306 e. The van der Waals surface area contributed by atoms with Crippen molar-refractivity contribution in [3.63, 3.8) is 0 Å². The van der Waals surface area contributed by atoms with Crippen molar-refractivity contribution in [1.82, 2.24) is 9.80 Å². The van der Waals surface area contributed by atoms with Gasteiger partial charge in [-0.05, 0) is 29.5 Å². The Kier molecular flexibility index (Phi) is 5.04. The van der Waals surface area contributed by atoms with Crippen LogP contribution in [0.1, 0.15) is 18.4 Å². The molecule has 2 aliphatic heterocycles. The summed E-state index contributed by atoms with van der Waals surface area (Å²) in [5, 5.41) is 9.34. The zero-order chi connectivity index (χ0) is 17.1.